The Morgan fingerprint density at radius 3 is 2.50 bits per heavy atom. The van der Waals surface area contributed by atoms with Gasteiger partial charge in [0.2, 0.25) is 10.0 Å². The monoisotopic (exact) mass is 322 g/mol. The van der Waals surface area contributed by atoms with Crippen LogP contribution in [0.4, 0.5) is 10.1 Å². The minimum Gasteiger partial charge on any atom is -0.396 e. The molecule has 0 aliphatic carbocycles. The molecule has 2 unspecified atom stereocenters. The summed E-state index contributed by atoms with van der Waals surface area (Å²) in [6, 6.07) is 1.10. The zero-order chi connectivity index (χ0) is 15.7. The van der Waals surface area contributed by atoms with E-state index in [1.54, 1.807) is 6.92 Å². The number of halogens is 1. The minimum absolute atomic E-state index is 0.0227. The zero-order valence-corrected chi connectivity index (χ0v) is 13.5. The van der Waals surface area contributed by atoms with Crippen LogP contribution in [0.5, 0.6) is 0 Å². The number of nitrogen functional groups attached to an aromatic ring is 1. The highest BCUT2D eigenvalue weighted by molar-refractivity contribution is 7.89. The first kappa shape index (κ1) is 17.1. The molecule has 3 N–H and O–H groups in total. The van der Waals surface area contributed by atoms with Gasteiger partial charge in [-0.2, -0.15) is 0 Å². The van der Waals surface area contributed by atoms with Crippen LogP contribution in [0, 0.1) is 19.7 Å². The molecule has 2 atom stereocenters. The van der Waals surface area contributed by atoms with E-state index < -0.39 is 26.6 Å². The van der Waals surface area contributed by atoms with Gasteiger partial charge in [0, 0.05) is 28.9 Å². The summed E-state index contributed by atoms with van der Waals surface area (Å²) >= 11 is 0. The lowest BCUT2D eigenvalue weighted by Crippen LogP contribution is -2.33. The molecule has 20 heavy (non-hydrogen) atoms. The summed E-state index contributed by atoms with van der Waals surface area (Å²) in [5.74, 6) is -0.637. The molecule has 1 rings (SSSR count). The van der Waals surface area contributed by atoms with Crippen LogP contribution in [-0.4, -0.2) is 30.7 Å². The SMILES string of the molecule is Cc1cc(F)c(N)c(C)c1S(=O)(=O)NCC(C)S(C)=O. The number of sulfonamides is 1. The average molecular weight is 322 g/mol. The largest absolute Gasteiger partial charge is 0.396 e. The van der Waals surface area contributed by atoms with E-state index in [2.05, 4.69) is 4.72 Å². The van der Waals surface area contributed by atoms with Crippen LogP contribution in [0.1, 0.15) is 18.1 Å². The van der Waals surface area contributed by atoms with Gasteiger partial charge >= 0.3 is 0 Å². The predicted octanol–water partition coefficient (Wildman–Crippen LogP) is 1.07. The van der Waals surface area contributed by atoms with Crippen molar-refractivity contribution in [1.29, 1.82) is 0 Å². The zero-order valence-electron chi connectivity index (χ0n) is 11.9. The molecule has 0 bridgehead atoms. The maximum Gasteiger partial charge on any atom is 0.241 e. The van der Waals surface area contributed by atoms with Crippen molar-refractivity contribution in [3.05, 3.63) is 23.0 Å². The highest BCUT2D eigenvalue weighted by atomic mass is 32.2. The van der Waals surface area contributed by atoms with Crippen LogP contribution in [0.3, 0.4) is 0 Å². The van der Waals surface area contributed by atoms with Crippen molar-refractivity contribution < 1.29 is 17.0 Å². The first-order valence-electron chi connectivity index (χ1n) is 5.95. The van der Waals surface area contributed by atoms with Crippen LogP contribution in [0.25, 0.3) is 0 Å². The molecule has 0 aliphatic heterocycles. The second-order valence-corrected chi connectivity index (χ2v) is 8.21. The van der Waals surface area contributed by atoms with Crippen LogP contribution < -0.4 is 10.5 Å². The Morgan fingerprint density at radius 1 is 1.45 bits per heavy atom. The molecule has 1 aromatic rings. The molecule has 114 valence electrons. The highest BCUT2D eigenvalue weighted by Gasteiger charge is 2.23. The number of nitrogens with two attached hydrogens (primary N) is 1. The molecule has 8 heteroatoms. The maximum absolute atomic E-state index is 13.4. The Morgan fingerprint density at radius 2 is 2.00 bits per heavy atom. The molecule has 0 spiro atoms. The number of aryl methyl sites for hydroxylation is 1. The van der Waals surface area contributed by atoms with Crippen molar-refractivity contribution in [3.63, 3.8) is 0 Å². The number of rotatable bonds is 5. The molecule has 1 aromatic carbocycles. The van der Waals surface area contributed by atoms with Crippen molar-refractivity contribution in [2.75, 3.05) is 18.5 Å². The predicted molar refractivity (Wildman–Crippen MR) is 79.0 cm³/mol. The van der Waals surface area contributed by atoms with E-state index in [9.17, 15) is 17.0 Å². The average Bonchev–Trinajstić information content (AvgIpc) is 2.32. The summed E-state index contributed by atoms with van der Waals surface area (Å²) in [5.41, 5.74) is 5.82. The van der Waals surface area contributed by atoms with Gasteiger partial charge in [0.05, 0.1) is 10.6 Å². The fourth-order valence-electron chi connectivity index (χ4n) is 1.76. The van der Waals surface area contributed by atoms with Crippen molar-refractivity contribution in [3.8, 4) is 0 Å². The standard InChI is InChI=1S/C12H19FN2O3S2/c1-7-5-10(13)11(14)9(3)12(7)20(17,18)15-6-8(2)19(4)16/h5,8,15H,6,14H2,1-4H3. The lowest BCUT2D eigenvalue weighted by atomic mass is 10.1. The molecule has 0 aromatic heterocycles. The molecular formula is C12H19FN2O3S2. The molecule has 5 nitrogen and oxygen atoms in total. The van der Waals surface area contributed by atoms with Gasteiger partial charge in [0.15, 0.2) is 0 Å². The number of anilines is 1. The molecule has 0 amide bonds. The molecule has 0 fully saturated rings. The summed E-state index contributed by atoms with van der Waals surface area (Å²) in [5, 5.41) is -0.316. The van der Waals surface area contributed by atoms with Gasteiger partial charge in [-0.05, 0) is 38.0 Å². The third kappa shape index (κ3) is 3.56. The summed E-state index contributed by atoms with van der Waals surface area (Å²) in [7, 11) is -4.95. The number of benzene rings is 1. The summed E-state index contributed by atoms with van der Waals surface area (Å²) < 4.78 is 51.6. The Balaban J connectivity index is 3.17. The molecule has 0 saturated heterocycles. The Bertz CT molecular complexity index is 645. The highest BCUT2D eigenvalue weighted by Crippen LogP contribution is 2.27. The van der Waals surface area contributed by atoms with Crippen LogP contribution in [0.2, 0.25) is 0 Å². The Labute approximate surface area is 121 Å². The second-order valence-electron chi connectivity index (χ2n) is 4.70. The summed E-state index contributed by atoms with van der Waals surface area (Å²) in [6.07, 6.45) is 1.51. The quantitative estimate of drug-likeness (QED) is 0.794. The minimum atomic E-state index is -3.82. The smallest absolute Gasteiger partial charge is 0.241 e. The summed E-state index contributed by atoms with van der Waals surface area (Å²) in [4.78, 5) is -0.0227. The van der Waals surface area contributed by atoms with Gasteiger partial charge < -0.3 is 5.73 Å². The lowest BCUT2D eigenvalue weighted by Gasteiger charge is -2.16. The molecular weight excluding hydrogens is 303 g/mol. The van der Waals surface area contributed by atoms with E-state index >= 15 is 0 Å². The molecule has 0 heterocycles. The van der Waals surface area contributed by atoms with Gasteiger partial charge in [0.1, 0.15) is 5.82 Å². The fraction of sp³-hybridized carbons (Fsp3) is 0.500. The van der Waals surface area contributed by atoms with Gasteiger partial charge in [-0.25, -0.2) is 17.5 Å². The van der Waals surface area contributed by atoms with Crippen LogP contribution in [0.15, 0.2) is 11.0 Å². The Hall–Kier alpha value is -0.990. The third-order valence-electron chi connectivity index (χ3n) is 3.10. The third-order valence-corrected chi connectivity index (χ3v) is 6.11. The van der Waals surface area contributed by atoms with Gasteiger partial charge in [0.25, 0.3) is 0 Å². The van der Waals surface area contributed by atoms with Gasteiger partial charge in [-0.15, -0.1) is 0 Å². The fourth-order valence-corrected chi connectivity index (χ4v) is 3.79. The summed E-state index contributed by atoms with van der Waals surface area (Å²) in [6.45, 7) is 4.69. The van der Waals surface area contributed by atoms with Gasteiger partial charge in [-0.1, -0.05) is 0 Å². The van der Waals surface area contributed by atoms with Gasteiger partial charge in [-0.3, -0.25) is 4.21 Å². The molecule has 0 saturated carbocycles. The Kier molecular flexibility index (Phi) is 5.28. The van der Waals surface area contributed by atoms with Crippen molar-refractivity contribution in [1.82, 2.24) is 4.72 Å². The van der Waals surface area contributed by atoms with Crippen LogP contribution in [-0.2, 0) is 20.8 Å². The first-order chi connectivity index (χ1) is 9.08. The lowest BCUT2D eigenvalue weighted by molar-refractivity contribution is 0.578. The number of nitrogens with one attached hydrogen (secondary N) is 1. The van der Waals surface area contributed by atoms with E-state index in [1.807, 2.05) is 0 Å². The number of hydrogen-bond acceptors (Lipinski definition) is 4. The first-order valence-corrected chi connectivity index (χ1v) is 9.05. The van der Waals surface area contributed by atoms with Crippen molar-refractivity contribution >= 4 is 26.5 Å². The second kappa shape index (κ2) is 6.19. The normalized spacial score (nSPS) is 15.1. The van der Waals surface area contributed by atoms with E-state index in [1.165, 1.54) is 20.1 Å². The van der Waals surface area contributed by atoms with E-state index in [0.29, 0.717) is 0 Å². The number of hydrogen-bond donors (Lipinski definition) is 2. The van der Waals surface area contributed by atoms with E-state index in [-0.39, 0.29) is 33.5 Å². The molecule has 0 radical (unpaired) electrons. The van der Waals surface area contributed by atoms with E-state index in [0.717, 1.165) is 6.07 Å². The maximum atomic E-state index is 13.4. The van der Waals surface area contributed by atoms with Crippen LogP contribution >= 0.6 is 0 Å². The molecule has 0 aliphatic rings. The van der Waals surface area contributed by atoms with E-state index in [4.69, 9.17) is 5.73 Å². The van der Waals surface area contributed by atoms with Crippen molar-refractivity contribution in [2.45, 2.75) is 30.9 Å². The van der Waals surface area contributed by atoms with Crippen molar-refractivity contribution in [2.24, 2.45) is 0 Å². The topological polar surface area (TPSA) is 89.3 Å².